The van der Waals surface area contributed by atoms with Crippen LogP contribution in [0.1, 0.15) is 30.5 Å². The molecule has 0 fully saturated rings. The van der Waals surface area contributed by atoms with Gasteiger partial charge in [-0.2, -0.15) is 13.2 Å². The van der Waals surface area contributed by atoms with Crippen molar-refractivity contribution in [2.75, 3.05) is 11.9 Å². The number of carbonyl (C=O) groups is 1. The van der Waals surface area contributed by atoms with E-state index in [9.17, 15) is 18.0 Å². The van der Waals surface area contributed by atoms with E-state index in [2.05, 4.69) is 19.2 Å². The van der Waals surface area contributed by atoms with Crippen molar-refractivity contribution >= 4 is 23.2 Å². The number of alkyl halides is 3. The van der Waals surface area contributed by atoms with Crippen LogP contribution in [0.5, 0.6) is 5.75 Å². The lowest BCUT2D eigenvalue weighted by Crippen LogP contribution is -2.06. The average Bonchev–Trinajstić information content (AvgIpc) is 2.88. The highest BCUT2D eigenvalue weighted by molar-refractivity contribution is 6.34. The van der Waals surface area contributed by atoms with Crippen molar-refractivity contribution in [2.24, 2.45) is 5.92 Å². The second-order valence-corrected chi connectivity index (χ2v) is 6.54. The molecule has 0 aliphatic carbocycles. The van der Waals surface area contributed by atoms with Crippen molar-refractivity contribution in [1.29, 1.82) is 0 Å². The Morgan fingerprint density at radius 1 is 1.12 bits per heavy atom. The summed E-state index contributed by atoms with van der Waals surface area (Å²) in [5.41, 5.74) is 0.949. The van der Waals surface area contributed by atoms with Crippen molar-refractivity contribution in [3.8, 4) is 5.75 Å². The maximum Gasteiger partial charge on any atom is 0.416 e. The summed E-state index contributed by atoms with van der Waals surface area (Å²) < 4.78 is 44.0. The predicted octanol–water partition coefficient (Wildman–Crippen LogP) is 5.23. The lowest BCUT2D eigenvalue weighted by Gasteiger charge is -2.09. The van der Waals surface area contributed by atoms with Crippen molar-refractivity contribution in [2.45, 2.75) is 20.0 Å². The number of halogens is 3. The fourth-order valence-corrected chi connectivity index (χ4v) is 2.60. The number of nitrogens with one attached hydrogen (secondary N) is 1. The maximum absolute atomic E-state index is 12.8. The summed E-state index contributed by atoms with van der Waals surface area (Å²) in [6.45, 7) is 4.72. The van der Waals surface area contributed by atoms with Gasteiger partial charge in [-0.25, -0.2) is 0 Å². The third-order valence-corrected chi connectivity index (χ3v) is 3.90. The van der Waals surface area contributed by atoms with E-state index >= 15 is 0 Å². The molecule has 0 aromatic heterocycles. The molecule has 0 atom stereocenters. The van der Waals surface area contributed by atoms with E-state index in [4.69, 9.17) is 4.74 Å². The average molecular weight is 361 g/mol. The summed E-state index contributed by atoms with van der Waals surface area (Å²) in [5, 5.41) is 2.49. The summed E-state index contributed by atoms with van der Waals surface area (Å²) >= 11 is 0. The number of fused-ring (bicyclic) bond motifs is 1. The summed E-state index contributed by atoms with van der Waals surface area (Å²) in [7, 11) is 0. The Kier molecular flexibility index (Phi) is 4.76. The number of benzene rings is 2. The molecule has 1 heterocycles. The third kappa shape index (κ3) is 3.90. The van der Waals surface area contributed by atoms with Crippen LogP contribution in [-0.2, 0) is 11.0 Å². The molecule has 1 amide bonds. The van der Waals surface area contributed by atoms with Gasteiger partial charge in [-0.15, -0.1) is 0 Å². The molecule has 3 nitrogen and oxygen atoms in total. The normalized spacial score (nSPS) is 15.3. The zero-order valence-electron chi connectivity index (χ0n) is 14.4. The molecule has 136 valence electrons. The molecule has 1 N–H and O–H groups in total. The zero-order chi connectivity index (χ0) is 18.9. The second-order valence-electron chi connectivity index (χ2n) is 6.54. The van der Waals surface area contributed by atoms with Crippen LogP contribution in [-0.4, -0.2) is 12.5 Å². The van der Waals surface area contributed by atoms with Crippen molar-refractivity contribution in [3.63, 3.8) is 0 Å². The first kappa shape index (κ1) is 18.0. The first-order valence-electron chi connectivity index (χ1n) is 8.21. The van der Waals surface area contributed by atoms with Crippen LogP contribution >= 0.6 is 0 Å². The minimum absolute atomic E-state index is 0.174. The molecule has 3 rings (SSSR count). The molecular formula is C20H18F3NO2. The Bertz CT molecular complexity index is 852. The van der Waals surface area contributed by atoms with Gasteiger partial charge in [-0.05, 0) is 41.8 Å². The Morgan fingerprint density at radius 2 is 1.81 bits per heavy atom. The maximum atomic E-state index is 12.8. The summed E-state index contributed by atoms with van der Waals surface area (Å²) in [6, 6.07) is 10.5. The quantitative estimate of drug-likeness (QED) is 0.757. The highest BCUT2D eigenvalue weighted by Gasteiger charge is 2.33. The van der Waals surface area contributed by atoms with E-state index in [0.29, 0.717) is 23.7 Å². The van der Waals surface area contributed by atoms with Crippen LogP contribution in [0.15, 0.2) is 42.5 Å². The van der Waals surface area contributed by atoms with Crippen LogP contribution in [0.25, 0.3) is 11.6 Å². The molecule has 1 aliphatic heterocycles. The van der Waals surface area contributed by atoms with E-state index < -0.39 is 17.6 Å². The SMILES string of the molecule is CC(C)COc1ccc(/C=C2/C(=O)Nc3cc(C(F)(F)F)ccc32)cc1. The smallest absolute Gasteiger partial charge is 0.416 e. The fourth-order valence-electron chi connectivity index (χ4n) is 2.60. The van der Waals surface area contributed by atoms with Gasteiger partial charge in [0.05, 0.1) is 12.2 Å². The number of hydrogen-bond acceptors (Lipinski definition) is 2. The Morgan fingerprint density at radius 3 is 2.42 bits per heavy atom. The molecule has 0 spiro atoms. The third-order valence-electron chi connectivity index (χ3n) is 3.90. The second kappa shape index (κ2) is 6.86. The summed E-state index contributed by atoms with van der Waals surface area (Å²) in [5.74, 6) is 0.725. The van der Waals surface area contributed by atoms with Gasteiger partial charge in [0.2, 0.25) is 0 Å². The van der Waals surface area contributed by atoms with E-state index in [-0.39, 0.29) is 5.69 Å². The first-order valence-corrected chi connectivity index (χ1v) is 8.21. The lowest BCUT2D eigenvalue weighted by atomic mass is 10.0. The van der Waals surface area contributed by atoms with Crippen LogP contribution < -0.4 is 10.1 Å². The molecule has 2 aromatic carbocycles. The standard InChI is InChI=1S/C20H18F3NO2/c1-12(2)11-26-15-6-3-13(4-7-15)9-17-16-8-5-14(20(21,22)23)10-18(16)24-19(17)25/h3-10,12H,11H2,1-2H3,(H,24,25)/b17-9+. The number of anilines is 1. The van der Waals surface area contributed by atoms with Gasteiger partial charge in [0.25, 0.3) is 5.91 Å². The van der Waals surface area contributed by atoms with Crippen molar-refractivity contribution in [3.05, 3.63) is 59.2 Å². The number of hydrogen-bond donors (Lipinski definition) is 1. The number of ether oxygens (including phenoxy) is 1. The molecule has 0 saturated heterocycles. The largest absolute Gasteiger partial charge is 0.493 e. The molecule has 1 aliphatic rings. The monoisotopic (exact) mass is 361 g/mol. The fraction of sp³-hybridized carbons (Fsp3) is 0.250. The molecule has 0 saturated carbocycles. The zero-order valence-corrected chi connectivity index (χ0v) is 14.4. The van der Waals surface area contributed by atoms with Crippen molar-refractivity contribution in [1.82, 2.24) is 0 Å². The molecule has 6 heteroatoms. The van der Waals surface area contributed by atoms with Gasteiger partial charge >= 0.3 is 6.18 Å². The minimum Gasteiger partial charge on any atom is -0.493 e. The molecule has 0 radical (unpaired) electrons. The number of rotatable bonds is 4. The summed E-state index contributed by atoms with van der Waals surface area (Å²) in [6.07, 6.45) is -2.79. The van der Waals surface area contributed by atoms with Crippen LogP contribution in [0, 0.1) is 5.92 Å². The van der Waals surface area contributed by atoms with E-state index in [1.54, 1.807) is 30.3 Å². The van der Waals surface area contributed by atoms with Gasteiger partial charge in [-0.3, -0.25) is 4.79 Å². The van der Waals surface area contributed by atoms with Crippen LogP contribution in [0.2, 0.25) is 0 Å². The van der Waals surface area contributed by atoms with Gasteiger partial charge in [0, 0.05) is 16.8 Å². The van der Waals surface area contributed by atoms with Gasteiger partial charge in [-0.1, -0.05) is 32.0 Å². The molecule has 26 heavy (non-hydrogen) atoms. The topological polar surface area (TPSA) is 38.3 Å². The number of amides is 1. The summed E-state index contributed by atoms with van der Waals surface area (Å²) in [4.78, 5) is 12.2. The van der Waals surface area contributed by atoms with Gasteiger partial charge in [0.15, 0.2) is 0 Å². The Hall–Kier alpha value is -2.76. The number of carbonyl (C=O) groups excluding carboxylic acids is 1. The first-order chi connectivity index (χ1) is 12.2. The minimum atomic E-state index is -4.45. The highest BCUT2D eigenvalue weighted by atomic mass is 19.4. The molecule has 2 aromatic rings. The van der Waals surface area contributed by atoms with E-state index in [1.165, 1.54) is 6.07 Å². The lowest BCUT2D eigenvalue weighted by molar-refractivity contribution is -0.137. The highest BCUT2D eigenvalue weighted by Crippen LogP contribution is 2.38. The van der Waals surface area contributed by atoms with Crippen LogP contribution in [0.3, 0.4) is 0 Å². The van der Waals surface area contributed by atoms with Gasteiger partial charge < -0.3 is 10.1 Å². The van der Waals surface area contributed by atoms with E-state index in [0.717, 1.165) is 23.4 Å². The Balaban J connectivity index is 1.85. The molecular weight excluding hydrogens is 343 g/mol. The molecule has 0 unspecified atom stereocenters. The predicted molar refractivity (Wildman–Crippen MR) is 94.7 cm³/mol. The molecule has 0 bridgehead atoms. The van der Waals surface area contributed by atoms with Crippen LogP contribution in [0.4, 0.5) is 18.9 Å². The van der Waals surface area contributed by atoms with Gasteiger partial charge in [0.1, 0.15) is 5.75 Å². The van der Waals surface area contributed by atoms with Crippen molar-refractivity contribution < 1.29 is 22.7 Å². The Labute approximate surface area is 149 Å². The van der Waals surface area contributed by atoms with E-state index in [1.807, 2.05) is 0 Å².